The van der Waals surface area contributed by atoms with Gasteiger partial charge in [-0.3, -0.25) is 19.2 Å². The van der Waals surface area contributed by atoms with E-state index in [1.54, 1.807) is 0 Å². The SMILES string of the molecule is Nc1nc(Cl)nc(Nc2ccc3c(O)c(N=Nc4c(O)cc(S(=O)(=O)O)c5cc([N+](=O)[O-])ccc45)c(S(=O)(=O)O)cc3c2)n1. The Hall–Kier alpha value is -5.28. The van der Waals surface area contributed by atoms with E-state index in [2.05, 4.69) is 30.5 Å². The number of nitrogens with zero attached hydrogens (tertiary/aromatic N) is 6. The molecule has 0 radical (unpaired) electrons. The lowest BCUT2D eigenvalue weighted by Gasteiger charge is -2.12. The Morgan fingerprint density at radius 1 is 0.841 bits per heavy atom. The molecule has 0 atom stereocenters. The number of nitro benzene ring substituents is 1. The van der Waals surface area contributed by atoms with E-state index < -0.39 is 68.9 Å². The van der Waals surface area contributed by atoms with E-state index >= 15 is 0 Å². The largest absolute Gasteiger partial charge is 0.506 e. The van der Waals surface area contributed by atoms with Gasteiger partial charge >= 0.3 is 0 Å². The zero-order valence-corrected chi connectivity index (χ0v) is 23.7. The Morgan fingerprint density at radius 3 is 2.14 bits per heavy atom. The molecule has 21 heteroatoms. The number of nitro groups is 1. The Balaban J connectivity index is 1.67. The summed E-state index contributed by atoms with van der Waals surface area (Å²) in [5.74, 6) is -1.89. The average molecular weight is 663 g/mol. The third-order valence-corrected chi connectivity index (χ3v) is 7.91. The van der Waals surface area contributed by atoms with E-state index in [-0.39, 0.29) is 39.0 Å². The Morgan fingerprint density at radius 2 is 1.50 bits per heavy atom. The van der Waals surface area contributed by atoms with Gasteiger partial charge in [0.05, 0.1) is 4.92 Å². The predicted molar refractivity (Wildman–Crippen MR) is 154 cm³/mol. The molecule has 0 saturated carbocycles. The smallest absolute Gasteiger partial charge is 0.296 e. The Labute approximate surface area is 250 Å². The first-order valence-electron chi connectivity index (χ1n) is 11.6. The second kappa shape index (κ2) is 10.8. The van der Waals surface area contributed by atoms with Crippen molar-refractivity contribution < 1.29 is 41.1 Å². The molecule has 0 unspecified atom stereocenters. The van der Waals surface area contributed by atoms with Crippen LogP contribution in [0, 0.1) is 10.1 Å². The van der Waals surface area contributed by atoms with Gasteiger partial charge in [0.1, 0.15) is 26.9 Å². The van der Waals surface area contributed by atoms with Crippen LogP contribution in [0.25, 0.3) is 21.5 Å². The molecule has 0 bridgehead atoms. The number of azo groups is 1. The van der Waals surface area contributed by atoms with Crippen molar-refractivity contribution in [2.24, 2.45) is 10.2 Å². The number of phenolic OH excluding ortho intramolecular Hbond substituents is 2. The third kappa shape index (κ3) is 5.82. The molecule has 5 rings (SSSR count). The maximum Gasteiger partial charge on any atom is 0.296 e. The maximum absolute atomic E-state index is 12.3. The second-order valence-corrected chi connectivity index (χ2v) is 11.9. The number of benzene rings is 4. The number of aromatic hydroxyl groups is 2. The lowest BCUT2D eigenvalue weighted by Crippen LogP contribution is -2.03. The number of halogens is 1. The second-order valence-electron chi connectivity index (χ2n) is 8.80. The van der Waals surface area contributed by atoms with Crippen LogP contribution in [0.15, 0.2) is 68.6 Å². The van der Waals surface area contributed by atoms with Crippen LogP contribution in [0.1, 0.15) is 0 Å². The lowest BCUT2D eigenvalue weighted by molar-refractivity contribution is -0.384. The first-order chi connectivity index (χ1) is 20.5. The van der Waals surface area contributed by atoms with Crippen molar-refractivity contribution >= 4 is 88.0 Å². The molecule has 0 saturated heterocycles. The fourth-order valence-corrected chi connectivity index (χ4v) is 5.69. The van der Waals surface area contributed by atoms with Gasteiger partial charge in [-0.25, -0.2) is 0 Å². The highest BCUT2D eigenvalue weighted by Gasteiger charge is 2.25. The van der Waals surface area contributed by atoms with Crippen molar-refractivity contribution in [2.45, 2.75) is 9.79 Å². The van der Waals surface area contributed by atoms with Crippen molar-refractivity contribution in [1.82, 2.24) is 15.0 Å². The molecule has 44 heavy (non-hydrogen) atoms. The fraction of sp³-hybridized carbons (Fsp3) is 0. The van der Waals surface area contributed by atoms with Crippen LogP contribution in [-0.2, 0) is 20.2 Å². The van der Waals surface area contributed by atoms with Gasteiger partial charge in [0.15, 0.2) is 5.75 Å². The number of hydrogen-bond acceptors (Lipinski definition) is 15. The molecule has 0 fully saturated rings. The van der Waals surface area contributed by atoms with Crippen LogP contribution in [0.3, 0.4) is 0 Å². The molecule has 1 heterocycles. The van der Waals surface area contributed by atoms with Gasteiger partial charge < -0.3 is 21.3 Å². The molecule has 5 aromatic rings. The van der Waals surface area contributed by atoms with Crippen molar-refractivity contribution in [3.8, 4) is 11.5 Å². The molecule has 226 valence electrons. The van der Waals surface area contributed by atoms with Crippen LogP contribution in [0.5, 0.6) is 11.5 Å². The number of non-ortho nitro benzene ring substituents is 1. The summed E-state index contributed by atoms with van der Waals surface area (Å²) < 4.78 is 68.0. The highest BCUT2D eigenvalue weighted by atomic mass is 35.5. The summed E-state index contributed by atoms with van der Waals surface area (Å²) in [6.07, 6.45) is 0. The van der Waals surface area contributed by atoms with E-state index in [9.17, 15) is 46.3 Å². The van der Waals surface area contributed by atoms with Crippen molar-refractivity contribution in [2.75, 3.05) is 11.1 Å². The van der Waals surface area contributed by atoms with Gasteiger partial charge in [0, 0.05) is 40.0 Å². The summed E-state index contributed by atoms with van der Waals surface area (Å²) in [7, 11) is -10.1. The summed E-state index contributed by atoms with van der Waals surface area (Å²) in [4.78, 5) is 20.0. The minimum absolute atomic E-state index is 0.0246. The quantitative estimate of drug-likeness (QED) is 0.0609. The summed E-state index contributed by atoms with van der Waals surface area (Å²) in [6, 6.07) is 8.43. The van der Waals surface area contributed by atoms with E-state index in [1.165, 1.54) is 18.2 Å². The number of anilines is 3. The highest BCUT2D eigenvalue weighted by molar-refractivity contribution is 7.86. The molecule has 0 aliphatic carbocycles. The monoisotopic (exact) mass is 662 g/mol. The van der Waals surface area contributed by atoms with Gasteiger partial charge in [-0.1, -0.05) is 0 Å². The summed E-state index contributed by atoms with van der Waals surface area (Å²) in [5, 5.41) is 42.3. The van der Waals surface area contributed by atoms with Gasteiger partial charge in [0.25, 0.3) is 25.9 Å². The normalized spacial score (nSPS) is 12.2. The van der Waals surface area contributed by atoms with E-state index in [0.29, 0.717) is 6.07 Å². The number of fused-ring (bicyclic) bond motifs is 2. The van der Waals surface area contributed by atoms with Gasteiger partial charge in [-0.2, -0.15) is 31.8 Å². The molecule has 4 aromatic carbocycles. The number of phenols is 2. The van der Waals surface area contributed by atoms with Crippen LogP contribution in [0.4, 0.5) is 34.6 Å². The van der Waals surface area contributed by atoms with Gasteiger partial charge in [0.2, 0.25) is 17.2 Å². The van der Waals surface area contributed by atoms with Crippen LogP contribution in [0.2, 0.25) is 5.28 Å². The van der Waals surface area contributed by atoms with Crippen LogP contribution in [-0.4, -0.2) is 56.0 Å². The lowest BCUT2D eigenvalue weighted by atomic mass is 10.1. The highest BCUT2D eigenvalue weighted by Crippen LogP contribution is 2.45. The number of rotatable bonds is 7. The minimum Gasteiger partial charge on any atom is -0.506 e. The molecular weight excluding hydrogens is 648 g/mol. The molecule has 1 aromatic heterocycles. The fourth-order valence-electron chi connectivity index (χ4n) is 4.16. The van der Waals surface area contributed by atoms with Crippen molar-refractivity contribution in [1.29, 1.82) is 0 Å². The Kier molecular flexibility index (Phi) is 7.39. The number of nitrogens with two attached hydrogens (primary N) is 1. The molecule has 18 nitrogen and oxygen atoms in total. The first-order valence-corrected chi connectivity index (χ1v) is 14.8. The molecule has 7 N–H and O–H groups in total. The average Bonchev–Trinajstić information content (AvgIpc) is 2.91. The molecular formula is C23H15ClN8O10S2. The summed E-state index contributed by atoms with van der Waals surface area (Å²) in [6.45, 7) is 0. The zero-order valence-electron chi connectivity index (χ0n) is 21.3. The van der Waals surface area contributed by atoms with Crippen molar-refractivity contribution in [3.63, 3.8) is 0 Å². The third-order valence-electron chi connectivity index (χ3n) is 5.98. The predicted octanol–water partition coefficient (Wildman–Crippen LogP) is 4.39. The van der Waals surface area contributed by atoms with Gasteiger partial charge in [-0.15, -0.1) is 10.2 Å². The number of nitrogens with one attached hydrogen (secondary N) is 1. The molecule has 0 spiro atoms. The molecule has 0 aliphatic rings. The summed E-state index contributed by atoms with van der Waals surface area (Å²) in [5.41, 5.74) is 3.98. The van der Waals surface area contributed by atoms with Gasteiger partial charge in [-0.05, 0) is 47.3 Å². The topological polar surface area (TPSA) is 294 Å². The standard InChI is InChI=1S/C23H15ClN8O10S2/c24-21-27-22(25)29-23(28-21)26-10-1-3-12-9(5-10)6-17(44(40,41)42)19(20(12)34)31-30-18-13-4-2-11(32(35)36)7-14(13)16(8-15(18)33)43(37,38)39/h1-8,33-34H,(H,37,38,39)(H,40,41,42)(H3,25,26,27,28,29). The number of aromatic nitrogens is 3. The van der Waals surface area contributed by atoms with Crippen LogP contribution < -0.4 is 11.1 Å². The first kappa shape index (κ1) is 30.2. The summed E-state index contributed by atoms with van der Waals surface area (Å²) >= 11 is 5.77. The number of nitrogen functional groups attached to an aromatic ring is 1. The minimum atomic E-state index is -5.08. The molecule has 0 aliphatic heterocycles. The zero-order chi connectivity index (χ0) is 32.1. The maximum atomic E-state index is 12.3. The van der Waals surface area contributed by atoms with E-state index in [0.717, 1.165) is 24.3 Å². The van der Waals surface area contributed by atoms with Crippen LogP contribution >= 0.6 is 11.6 Å². The van der Waals surface area contributed by atoms with E-state index in [1.807, 2.05) is 0 Å². The van der Waals surface area contributed by atoms with E-state index in [4.69, 9.17) is 17.3 Å². The van der Waals surface area contributed by atoms with Crippen molar-refractivity contribution in [3.05, 3.63) is 63.9 Å². The molecule has 0 amide bonds. The Bertz CT molecular complexity index is 2280. The number of hydrogen-bond donors (Lipinski definition) is 6.